The molecular weight excluding hydrogens is 178 g/mol. The molecule has 1 fully saturated rings. The standard InChI is InChI=1S/C11H19NO2/c1-3-4-5-10(13)12-8-6-11(2,14)7-9-12/h3,14H,1,4-9H2,2H3. The third kappa shape index (κ3) is 3.14. The number of hydrogen-bond donors (Lipinski definition) is 1. The van der Waals surface area contributed by atoms with Gasteiger partial charge >= 0.3 is 0 Å². The van der Waals surface area contributed by atoms with Gasteiger partial charge in [-0.25, -0.2) is 0 Å². The SMILES string of the molecule is C=CCCC(=O)N1CCC(C)(O)CC1. The first-order valence-corrected chi connectivity index (χ1v) is 5.16. The molecule has 1 amide bonds. The van der Waals surface area contributed by atoms with E-state index >= 15 is 0 Å². The van der Waals surface area contributed by atoms with Gasteiger partial charge in [0.05, 0.1) is 5.60 Å². The maximum Gasteiger partial charge on any atom is 0.222 e. The maximum atomic E-state index is 11.6. The molecular formula is C11H19NO2. The number of rotatable bonds is 3. The first kappa shape index (κ1) is 11.2. The van der Waals surface area contributed by atoms with Crippen LogP contribution in [0.3, 0.4) is 0 Å². The third-order valence-corrected chi connectivity index (χ3v) is 2.76. The molecule has 0 aliphatic carbocycles. The van der Waals surface area contributed by atoms with E-state index < -0.39 is 5.60 Å². The molecule has 0 aromatic heterocycles. The Balaban J connectivity index is 2.34. The number of allylic oxidation sites excluding steroid dienone is 1. The predicted octanol–water partition coefficient (Wildman–Crippen LogP) is 1.33. The van der Waals surface area contributed by atoms with Crippen molar-refractivity contribution in [3.63, 3.8) is 0 Å². The van der Waals surface area contributed by atoms with Crippen molar-refractivity contribution in [1.29, 1.82) is 0 Å². The van der Waals surface area contributed by atoms with E-state index in [2.05, 4.69) is 6.58 Å². The van der Waals surface area contributed by atoms with Gasteiger partial charge in [0.25, 0.3) is 0 Å². The zero-order valence-corrected chi connectivity index (χ0v) is 8.83. The minimum Gasteiger partial charge on any atom is -0.390 e. The average molecular weight is 197 g/mol. The molecule has 0 unspecified atom stereocenters. The van der Waals surface area contributed by atoms with Gasteiger partial charge in [-0.05, 0) is 26.2 Å². The Morgan fingerprint density at radius 3 is 2.64 bits per heavy atom. The first-order chi connectivity index (χ1) is 6.55. The van der Waals surface area contributed by atoms with Crippen LogP contribution in [0.5, 0.6) is 0 Å². The van der Waals surface area contributed by atoms with Crippen LogP contribution in [0.4, 0.5) is 0 Å². The van der Waals surface area contributed by atoms with Gasteiger partial charge in [0.15, 0.2) is 0 Å². The highest BCUT2D eigenvalue weighted by Gasteiger charge is 2.28. The molecule has 0 atom stereocenters. The fraction of sp³-hybridized carbons (Fsp3) is 0.727. The molecule has 1 heterocycles. The van der Waals surface area contributed by atoms with Crippen molar-refractivity contribution in [3.8, 4) is 0 Å². The molecule has 80 valence electrons. The third-order valence-electron chi connectivity index (χ3n) is 2.76. The molecule has 3 heteroatoms. The van der Waals surface area contributed by atoms with Gasteiger partial charge in [0, 0.05) is 19.5 Å². The van der Waals surface area contributed by atoms with E-state index in [9.17, 15) is 9.90 Å². The minimum absolute atomic E-state index is 0.181. The number of nitrogens with zero attached hydrogens (tertiary/aromatic N) is 1. The van der Waals surface area contributed by atoms with Gasteiger partial charge in [0.1, 0.15) is 0 Å². The van der Waals surface area contributed by atoms with E-state index in [1.807, 2.05) is 11.8 Å². The van der Waals surface area contributed by atoms with Crippen LogP contribution in [0.1, 0.15) is 32.6 Å². The van der Waals surface area contributed by atoms with E-state index in [0.29, 0.717) is 32.4 Å². The molecule has 0 radical (unpaired) electrons. The Kier molecular flexibility index (Phi) is 3.69. The summed E-state index contributed by atoms with van der Waals surface area (Å²) in [4.78, 5) is 13.4. The fourth-order valence-electron chi connectivity index (χ4n) is 1.62. The quantitative estimate of drug-likeness (QED) is 0.693. The monoisotopic (exact) mass is 197 g/mol. The average Bonchev–Trinajstić information content (AvgIpc) is 2.14. The Labute approximate surface area is 85.4 Å². The zero-order chi connectivity index (χ0) is 10.6. The van der Waals surface area contributed by atoms with Gasteiger partial charge in [-0.1, -0.05) is 6.08 Å². The zero-order valence-electron chi connectivity index (χ0n) is 8.83. The molecule has 0 saturated carbocycles. The molecule has 1 saturated heterocycles. The second kappa shape index (κ2) is 4.60. The summed E-state index contributed by atoms with van der Waals surface area (Å²) in [5.41, 5.74) is -0.574. The van der Waals surface area contributed by atoms with Crippen LogP contribution in [0.15, 0.2) is 12.7 Å². The number of likely N-dealkylation sites (tertiary alicyclic amines) is 1. The van der Waals surface area contributed by atoms with Crippen LogP contribution in [0.2, 0.25) is 0 Å². The number of carbonyl (C=O) groups is 1. The van der Waals surface area contributed by atoms with Gasteiger partial charge in [-0.15, -0.1) is 6.58 Å². The van der Waals surface area contributed by atoms with E-state index in [0.717, 1.165) is 6.42 Å². The molecule has 14 heavy (non-hydrogen) atoms. The van der Waals surface area contributed by atoms with Crippen molar-refractivity contribution >= 4 is 5.91 Å². The summed E-state index contributed by atoms with van der Waals surface area (Å²) in [7, 11) is 0. The summed E-state index contributed by atoms with van der Waals surface area (Å²) in [5.74, 6) is 0.181. The lowest BCUT2D eigenvalue weighted by Crippen LogP contribution is -2.45. The highest BCUT2D eigenvalue weighted by Crippen LogP contribution is 2.21. The smallest absolute Gasteiger partial charge is 0.222 e. The Bertz CT molecular complexity index is 213. The van der Waals surface area contributed by atoms with Crippen molar-refractivity contribution < 1.29 is 9.90 Å². The lowest BCUT2D eigenvalue weighted by Gasteiger charge is -2.35. The van der Waals surface area contributed by atoms with E-state index in [1.165, 1.54) is 0 Å². The van der Waals surface area contributed by atoms with E-state index in [1.54, 1.807) is 6.08 Å². The Morgan fingerprint density at radius 1 is 1.57 bits per heavy atom. The summed E-state index contributed by atoms with van der Waals surface area (Å²) in [6.45, 7) is 6.79. The number of piperidine rings is 1. The van der Waals surface area contributed by atoms with Crippen LogP contribution < -0.4 is 0 Å². The van der Waals surface area contributed by atoms with Crippen molar-refractivity contribution in [2.75, 3.05) is 13.1 Å². The van der Waals surface area contributed by atoms with Gasteiger partial charge in [-0.3, -0.25) is 4.79 Å². The molecule has 1 aliphatic heterocycles. The van der Waals surface area contributed by atoms with Gasteiger partial charge in [0.2, 0.25) is 5.91 Å². The van der Waals surface area contributed by atoms with Crippen molar-refractivity contribution in [2.45, 2.75) is 38.2 Å². The predicted molar refractivity (Wildman–Crippen MR) is 55.9 cm³/mol. The number of carbonyl (C=O) groups excluding carboxylic acids is 1. The van der Waals surface area contributed by atoms with E-state index in [-0.39, 0.29) is 5.91 Å². The largest absolute Gasteiger partial charge is 0.390 e. The van der Waals surface area contributed by atoms with E-state index in [4.69, 9.17) is 0 Å². The molecule has 1 N–H and O–H groups in total. The summed E-state index contributed by atoms with van der Waals surface area (Å²) >= 11 is 0. The molecule has 0 aromatic carbocycles. The van der Waals surface area contributed by atoms with Crippen LogP contribution in [0, 0.1) is 0 Å². The summed E-state index contributed by atoms with van der Waals surface area (Å²) in [6, 6.07) is 0. The maximum absolute atomic E-state index is 11.6. The van der Waals surface area contributed by atoms with Crippen LogP contribution in [-0.2, 0) is 4.79 Å². The number of hydrogen-bond acceptors (Lipinski definition) is 2. The lowest BCUT2D eigenvalue weighted by atomic mass is 9.93. The van der Waals surface area contributed by atoms with Crippen molar-refractivity contribution in [2.24, 2.45) is 0 Å². The summed E-state index contributed by atoms with van der Waals surface area (Å²) < 4.78 is 0. The lowest BCUT2D eigenvalue weighted by molar-refractivity contribution is -0.134. The van der Waals surface area contributed by atoms with Crippen molar-refractivity contribution in [1.82, 2.24) is 4.90 Å². The second-order valence-corrected chi connectivity index (χ2v) is 4.21. The Hall–Kier alpha value is -0.830. The molecule has 1 aliphatic rings. The van der Waals surface area contributed by atoms with Crippen molar-refractivity contribution in [3.05, 3.63) is 12.7 Å². The number of aliphatic hydroxyl groups is 1. The summed E-state index contributed by atoms with van der Waals surface area (Å²) in [5, 5.41) is 9.70. The van der Waals surface area contributed by atoms with Gasteiger partial charge in [-0.2, -0.15) is 0 Å². The number of amides is 1. The highest BCUT2D eigenvalue weighted by atomic mass is 16.3. The Morgan fingerprint density at radius 2 is 2.14 bits per heavy atom. The molecule has 1 rings (SSSR count). The fourth-order valence-corrected chi connectivity index (χ4v) is 1.62. The normalized spacial score (nSPS) is 20.6. The highest BCUT2D eigenvalue weighted by molar-refractivity contribution is 5.76. The second-order valence-electron chi connectivity index (χ2n) is 4.21. The molecule has 0 spiro atoms. The van der Waals surface area contributed by atoms with Crippen LogP contribution >= 0.6 is 0 Å². The van der Waals surface area contributed by atoms with Crippen LogP contribution in [0.25, 0.3) is 0 Å². The molecule has 3 nitrogen and oxygen atoms in total. The van der Waals surface area contributed by atoms with Gasteiger partial charge < -0.3 is 10.0 Å². The molecule has 0 aromatic rings. The topological polar surface area (TPSA) is 40.5 Å². The molecule has 0 bridgehead atoms. The minimum atomic E-state index is -0.574. The van der Waals surface area contributed by atoms with Crippen LogP contribution in [-0.4, -0.2) is 34.6 Å². The first-order valence-electron chi connectivity index (χ1n) is 5.16. The summed E-state index contributed by atoms with van der Waals surface area (Å²) in [6.07, 6.45) is 4.43.